The van der Waals surface area contributed by atoms with Crippen molar-refractivity contribution in [2.45, 2.75) is 31.5 Å². The van der Waals surface area contributed by atoms with Crippen LogP contribution in [0.4, 0.5) is 5.95 Å². The van der Waals surface area contributed by atoms with E-state index in [1.807, 2.05) is 24.5 Å². The number of anilines is 1. The van der Waals surface area contributed by atoms with Crippen LogP contribution in [0.3, 0.4) is 0 Å². The van der Waals surface area contributed by atoms with Crippen molar-refractivity contribution in [3.05, 3.63) is 35.5 Å². The van der Waals surface area contributed by atoms with Gasteiger partial charge in [-0.05, 0) is 17.7 Å². The maximum Gasteiger partial charge on any atom is 0.227 e. The summed E-state index contributed by atoms with van der Waals surface area (Å²) in [7, 11) is 3.22. The van der Waals surface area contributed by atoms with E-state index in [0.717, 1.165) is 11.3 Å². The highest BCUT2D eigenvalue weighted by Gasteiger charge is 2.46. The minimum atomic E-state index is -0.377. The monoisotopic (exact) mass is 400 g/mol. The molecule has 0 bridgehead atoms. The summed E-state index contributed by atoms with van der Waals surface area (Å²) in [5.41, 5.74) is 1.53. The van der Waals surface area contributed by atoms with E-state index in [-0.39, 0.29) is 23.2 Å². The lowest BCUT2D eigenvalue weighted by molar-refractivity contribution is -0.125. The molecule has 7 nitrogen and oxygen atoms in total. The van der Waals surface area contributed by atoms with Gasteiger partial charge in [0.05, 0.1) is 26.2 Å². The van der Waals surface area contributed by atoms with Gasteiger partial charge in [0.25, 0.3) is 0 Å². The number of allylic oxidation sites excluding steroid dienone is 2. The Balaban J connectivity index is 1.96. The molecule has 4 rings (SSSR count). The van der Waals surface area contributed by atoms with Crippen molar-refractivity contribution in [3.8, 4) is 11.5 Å². The molecule has 0 saturated carbocycles. The number of ketones is 1. The summed E-state index contributed by atoms with van der Waals surface area (Å²) < 4.78 is 13.0. The molecular weight excluding hydrogens is 376 g/mol. The van der Waals surface area contributed by atoms with Gasteiger partial charge in [-0.15, -0.1) is 5.10 Å². The Bertz CT molecular complexity index is 966. The fourth-order valence-corrected chi connectivity index (χ4v) is 4.50. The maximum absolute atomic E-state index is 13.2. The molecule has 0 radical (unpaired) electrons. The van der Waals surface area contributed by atoms with E-state index in [2.05, 4.69) is 35.3 Å². The number of thioether (sulfide) groups is 1. The van der Waals surface area contributed by atoms with E-state index in [0.29, 0.717) is 29.0 Å². The van der Waals surface area contributed by atoms with Crippen LogP contribution in [0.15, 0.2) is 35.1 Å². The largest absolute Gasteiger partial charge is 0.493 e. The Morgan fingerprint density at radius 1 is 1.29 bits per heavy atom. The van der Waals surface area contributed by atoms with Crippen molar-refractivity contribution in [1.82, 2.24) is 14.8 Å². The fourth-order valence-electron chi connectivity index (χ4n) is 4.15. The average Bonchev–Trinajstić information content (AvgIpc) is 3.07. The molecule has 148 valence electrons. The van der Waals surface area contributed by atoms with Crippen LogP contribution in [0.1, 0.15) is 31.9 Å². The summed E-state index contributed by atoms with van der Waals surface area (Å²) in [4.78, 5) is 17.8. The molecule has 2 atom stereocenters. The highest BCUT2D eigenvalue weighted by molar-refractivity contribution is 7.98. The van der Waals surface area contributed by atoms with Crippen molar-refractivity contribution in [2.24, 2.45) is 11.3 Å². The first-order chi connectivity index (χ1) is 13.4. The molecule has 1 N–H and O–H groups in total. The van der Waals surface area contributed by atoms with Gasteiger partial charge in [0.1, 0.15) is 5.78 Å². The number of methoxy groups -OCH3 is 2. The molecule has 1 aromatic carbocycles. The quantitative estimate of drug-likeness (QED) is 0.787. The van der Waals surface area contributed by atoms with Gasteiger partial charge in [0.15, 0.2) is 11.5 Å². The summed E-state index contributed by atoms with van der Waals surface area (Å²) in [6.45, 7) is 4.15. The molecule has 0 unspecified atom stereocenters. The predicted molar refractivity (Wildman–Crippen MR) is 108 cm³/mol. The first-order valence-corrected chi connectivity index (χ1v) is 10.3. The molecule has 2 aromatic rings. The first-order valence-electron chi connectivity index (χ1n) is 9.12. The fraction of sp³-hybridized carbons (Fsp3) is 0.450. The van der Waals surface area contributed by atoms with Crippen molar-refractivity contribution in [3.63, 3.8) is 0 Å². The molecule has 1 aliphatic carbocycles. The number of Topliss-reactive ketones (excluding diaryl/α,β-unsaturated/α-hetero) is 1. The van der Waals surface area contributed by atoms with Crippen LogP contribution in [0, 0.1) is 11.3 Å². The van der Waals surface area contributed by atoms with Crippen LogP contribution in [-0.4, -0.2) is 41.0 Å². The summed E-state index contributed by atoms with van der Waals surface area (Å²) in [6.07, 6.45) is 4.56. The van der Waals surface area contributed by atoms with E-state index in [9.17, 15) is 4.79 Å². The van der Waals surface area contributed by atoms with E-state index in [1.165, 1.54) is 11.8 Å². The lowest BCUT2D eigenvalue weighted by Crippen LogP contribution is -2.42. The molecule has 8 heteroatoms. The van der Waals surface area contributed by atoms with Crippen LogP contribution in [0.2, 0.25) is 0 Å². The topological polar surface area (TPSA) is 78.3 Å². The van der Waals surface area contributed by atoms with Crippen molar-refractivity contribution < 1.29 is 14.3 Å². The number of ether oxygens (including phenoxy) is 2. The van der Waals surface area contributed by atoms with E-state index < -0.39 is 0 Å². The molecule has 2 heterocycles. The number of nitrogens with one attached hydrogen (secondary N) is 1. The molecule has 1 aliphatic heterocycles. The predicted octanol–water partition coefficient (Wildman–Crippen LogP) is 3.53. The van der Waals surface area contributed by atoms with Gasteiger partial charge in [-0.3, -0.25) is 4.79 Å². The molecule has 1 aromatic heterocycles. The smallest absolute Gasteiger partial charge is 0.227 e. The van der Waals surface area contributed by atoms with Gasteiger partial charge < -0.3 is 14.8 Å². The number of carbonyl (C=O) groups excluding carboxylic acids is 1. The van der Waals surface area contributed by atoms with Gasteiger partial charge in [0.2, 0.25) is 11.1 Å². The minimum absolute atomic E-state index is 0.178. The van der Waals surface area contributed by atoms with Gasteiger partial charge in [0, 0.05) is 17.7 Å². The first kappa shape index (κ1) is 18.9. The van der Waals surface area contributed by atoms with Crippen molar-refractivity contribution >= 4 is 23.5 Å². The number of hydrogen-bond donors (Lipinski definition) is 1. The SMILES string of the molecule is COc1cccc([C@H]2[C@@H]3C(=O)CC(C)(C)C=C3Nc3nc(SC)nn32)c1OC. The minimum Gasteiger partial charge on any atom is -0.493 e. The van der Waals surface area contributed by atoms with E-state index >= 15 is 0 Å². The summed E-state index contributed by atoms with van der Waals surface area (Å²) >= 11 is 1.47. The number of benzene rings is 1. The number of nitrogens with zero attached hydrogens (tertiary/aromatic N) is 3. The molecule has 0 fully saturated rings. The summed E-state index contributed by atoms with van der Waals surface area (Å²) in [5.74, 6) is 1.67. The Labute approximate surface area is 168 Å². The molecule has 0 amide bonds. The number of aromatic nitrogens is 3. The Kier molecular flexibility index (Phi) is 4.61. The number of para-hydroxylation sites is 1. The lowest BCUT2D eigenvalue weighted by Gasteiger charge is -2.40. The highest BCUT2D eigenvalue weighted by atomic mass is 32.2. The van der Waals surface area contributed by atoms with Gasteiger partial charge in [-0.2, -0.15) is 4.98 Å². The maximum atomic E-state index is 13.2. The normalized spacial score (nSPS) is 22.6. The summed E-state index contributed by atoms with van der Waals surface area (Å²) in [6, 6.07) is 5.36. The second-order valence-electron chi connectivity index (χ2n) is 7.73. The number of hydrogen-bond acceptors (Lipinski definition) is 7. The van der Waals surface area contributed by atoms with E-state index in [1.54, 1.807) is 18.9 Å². The average molecular weight is 401 g/mol. The zero-order valence-electron chi connectivity index (χ0n) is 16.6. The van der Waals surface area contributed by atoms with Gasteiger partial charge >= 0.3 is 0 Å². The zero-order chi connectivity index (χ0) is 20.1. The molecule has 28 heavy (non-hydrogen) atoms. The Morgan fingerprint density at radius 3 is 2.75 bits per heavy atom. The molecule has 0 spiro atoms. The Hall–Kier alpha value is -2.48. The second-order valence-corrected chi connectivity index (χ2v) is 8.50. The van der Waals surface area contributed by atoms with E-state index in [4.69, 9.17) is 9.47 Å². The van der Waals surface area contributed by atoms with Crippen LogP contribution in [-0.2, 0) is 4.79 Å². The van der Waals surface area contributed by atoms with Crippen molar-refractivity contribution in [2.75, 3.05) is 25.8 Å². The highest BCUT2D eigenvalue weighted by Crippen LogP contribution is 2.48. The number of fused-ring (bicyclic) bond motifs is 2. The van der Waals surface area contributed by atoms with Gasteiger partial charge in [-0.25, -0.2) is 4.68 Å². The van der Waals surface area contributed by atoms with Crippen LogP contribution >= 0.6 is 11.8 Å². The Morgan fingerprint density at radius 2 is 2.07 bits per heavy atom. The second kappa shape index (κ2) is 6.84. The summed E-state index contributed by atoms with van der Waals surface area (Å²) in [5, 5.41) is 8.65. The molecule has 0 saturated heterocycles. The lowest BCUT2D eigenvalue weighted by atomic mass is 9.72. The standard InChI is InChI=1S/C20H24N4O3S/c1-20(2)9-12-15(13(25)10-20)16(24-18(21-12)22-19(23-24)28-5)11-7-6-8-14(26-3)17(11)27-4/h6-9,15-16H,10H2,1-5H3,(H,21,22,23)/t15-,16-/m0/s1. The molecular formula is C20H24N4O3S. The molecule has 2 aliphatic rings. The van der Waals surface area contributed by atoms with Crippen LogP contribution in [0.25, 0.3) is 0 Å². The zero-order valence-corrected chi connectivity index (χ0v) is 17.5. The number of rotatable bonds is 4. The van der Waals surface area contributed by atoms with Gasteiger partial charge in [-0.1, -0.05) is 43.8 Å². The number of carbonyl (C=O) groups is 1. The van der Waals surface area contributed by atoms with Crippen molar-refractivity contribution in [1.29, 1.82) is 0 Å². The van der Waals surface area contributed by atoms with Crippen LogP contribution in [0.5, 0.6) is 11.5 Å². The third-order valence-electron chi connectivity index (χ3n) is 5.24. The van der Waals surface area contributed by atoms with Crippen LogP contribution < -0.4 is 14.8 Å². The third kappa shape index (κ3) is 2.96. The third-order valence-corrected chi connectivity index (χ3v) is 5.78.